The molecule has 8 nitrogen and oxygen atoms in total. The van der Waals surface area contributed by atoms with E-state index in [2.05, 4.69) is 0 Å². The summed E-state index contributed by atoms with van der Waals surface area (Å²) in [5, 5.41) is 21.4. The van der Waals surface area contributed by atoms with E-state index in [1.807, 2.05) is 91.0 Å². The normalized spacial score (nSPS) is 23.7. The van der Waals surface area contributed by atoms with Crippen molar-refractivity contribution in [2.45, 2.75) is 50.2 Å². The summed E-state index contributed by atoms with van der Waals surface area (Å²) in [6.45, 7) is 2.15. The third-order valence-electron chi connectivity index (χ3n) is 6.24. The third kappa shape index (κ3) is 5.73. The summed E-state index contributed by atoms with van der Waals surface area (Å²) < 4.78 is 22.8. The predicted molar refractivity (Wildman–Crippen MR) is 133 cm³/mol. The fourth-order valence-corrected chi connectivity index (χ4v) is 4.68. The van der Waals surface area contributed by atoms with E-state index in [4.69, 9.17) is 18.9 Å². The van der Waals surface area contributed by atoms with Crippen LogP contribution in [0.4, 0.5) is 0 Å². The van der Waals surface area contributed by atoms with Gasteiger partial charge in [-0.1, -0.05) is 91.0 Å². The minimum absolute atomic E-state index is 0.183. The molecule has 1 aliphatic rings. The number of hydrogen-bond donors (Lipinski definition) is 2. The summed E-state index contributed by atoms with van der Waals surface area (Å²) >= 11 is 0. The van der Waals surface area contributed by atoms with Crippen LogP contribution in [-0.2, 0) is 34.1 Å². The zero-order valence-corrected chi connectivity index (χ0v) is 20.6. The van der Waals surface area contributed by atoms with Crippen molar-refractivity contribution in [1.82, 2.24) is 0 Å². The monoisotopic (exact) mass is 506 g/mol. The van der Waals surface area contributed by atoms with Crippen molar-refractivity contribution in [2.24, 2.45) is 0 Å². The molecule has 0 spiro atoms. The molecule has 0 amide bonds. The Morgan fingerprint density at radius 3 is 1.54 bits per heavy atom. The Hall–Kier alpha value is -3.56. The molecule has 0 aromatic heterocycles. The molecule has 1 aliphatic heterocycles. The summed E-state index contributed by atoms with van der Waals surface area (Å²) in [5.74, 6) is -1.39. The first-order chi connectivity index (χ1) is 17.8. The Morgan fingerprint density at radius 2 is 1.14 bits per heavy atom. The first-order valence-corrected chi connectivity index (χ1v) is 12.0. The lowest BCUT2D eigenvalue weighted by atomic mass is 9.80. The van der Waals surface area contributed by atoms with Crippen LogP contribution in [0.25, 0.3) is 0 Å². The van der Waals surface area contributed by atoms with E-state index in [1.54, 1.807) is 0 Å². The van der Waals surface area contributed by atoms with E-state index < -0.39 is 48.2 Å². The fourth-order valence-electron chi connectivity index (χ4n) is 4.68. The lowest BCUT2D eigenvalue weighted by molar-refractivity contribution is -0.297. The summed E-state index contributed by atoms with van der Waals surface area (Å²) in [6, 6.07) is 28.9. The van der Waals surface area contributed by atoms with Crippen molar-refractivity contribution in [3.8, 4) is 0 Å². The zero-order valence-electron chi connectivity index (χ0n) is 20.6. The smallest absolute Gasteiger partial charge is 0.303 e. The Morgan fingerprint density at radius 1 is 0.730 bits per heavy atom. The van der Waals surface area contributed by atoms with Gasteiger partial charge in [-0.05, 0) is 16.7 Å². The molecule has 194 valence electrons. The van der Waals surface area contributed by atoms with Gasteiger partial charge in [-0.15, -0.1) is 0 Å². The number of carbonyl (C=O) groups is 2. The first-order valence-electron chi connectivity index (χ1n) is 12.0. The minimum Gasteiger partial charge on any atom is -0.457 e. The average molecular weight is 507 g/mol. The van der Waals surface area contributed by atoms with Gasteiger partial charge in [-0.3, -0.25) is 9.59 Å². The number of esters is 2. The Labute approximate surface area is 215 Å². The van der Waals surface area contributed by atoms with Crippen molar-refractivity contribution in [2.75, 3.05) is 6.61 Å². The van der Waals surface area contributed by atoms with Gasteiger partial charge in [-0.2, -0.15) is 0 Å². The van der Waals surface area contributed by atoms with Crippen LogP contribution in [0.1, 0.15) is 30.5 Å². The average Bonchev–Trinajstić information content (AvgIpc) is 2.90. The molecule has 5 atom stereocenters. The van der Waals surface area contributed by atoms with E-state index in [0.717, 1.165) is 23.6 Å². The van der Waals surface area contributed by atoms with Gasteiger partial charge in [0.15, 0.2) is 18.5 Å². The fraction of sp³-hybridized carbons (Fsp3) is 0.310. The van der Waals surface area contributed by atoms with Crippen molar-refractivity contribution in [1.29, 1.82) is 0 Å². The molecule has 3 aromatic rings. The second kappa shape index (κ2) is 11.7. The molecule has 0 unspecified atom stereocenters. The van der Waals surface area contributed by atoms with E-state index >= 15 is 0 Å². The molecular formula is C29H30O8. The van der Waals surface area contributed by atoms with Gasteiger partial charge in [0.25, 0.3) is 0 Å². The SMILES string of the molecule is CC(=O)O[C@@H]1[C@@H](O)[C@@H](OC(C)=O)[C@@H](COC(c2ccccc2)(c2ccccc2)c2ccccc2)O[C@H]1O. The van der Waals surface area contributed by atoms with Crippen LogP contribution in [0, 0.1) is 0 Å². The van der Waals surface area contributed by atoms with Gasteiger partial charge in [0.05, 0.1) is 6.61 Å². The molecule has 1 heterocycles. The molecular weight excluding hydrogens is 476 g/mol. The van der Waals surface area contributed by atoms with Crippen LogP contribution < -0.4 is 0 Å². The van der Waals surface area contributed by atoms with Crippen LogP contribution in [-0.4, -0.2) is 59.5 Å². The van der Waals surface area contributed by atoms with E-state index in [1.165, 1.54) is 6.92 Å². The molecule has 1 fully saturated rings. The van der Waals surface area contributed by atoms with Crippen molar-refractivity contribution in [3.05, 3.63) is 108 Å². The Kier molecular flexibility index (Phi) is 8.35. The van der Waals surface area contributed by atoms with Crippen LogP contribution in [0.15, 0.2) is 91.0 Å². The van der Waals surface area contributed by atoms with Crippen molar-refractivity contribution in [3.63, 3.8) is 0 Å². The van der Waals surface area contributed by atoms with Gasteiger partial charge in [0.2, 0.25) is 0 Å². The van der Waals surface area contributed by atoms with Gasteiger partial charge < -0.3 is 29.2 Å². The van der Waals surface area contributed by atoms with Crippen LogP contribution in [0.3, 0.4) is 0 Å². The quantitative estimate of drug-likeness (QED) is 0.354. The lowest BCUT2D eigenvalue weighted by Gasteiger charge is -2.43. The van der Waals surface area contributed by atoms with Gasteiger partial charge in [0, 0.05) is 13.8 Å². The van der Waals surface area contributed by atoms with Crippen LogP contribution in [0.2, 0.25) is 0 Å². The topological polar surface area (TPSA) is 112 Å². The molecule has 37 heavy (non-hydrogen) atoms. The highest BCUT2D eigenvalue weighted by molar-refractivity contribution is 5.67. The minimum atomic E-state index is -1.65. The highest BCUT2D eigenvalue weighted by atomic mass is 16.7. The first kappa shape index (κ1) is 26.5. The molecule has 2 N–H and O–H groups in total. The Bertz CT molecular complexity index is 1070. The molecule has 3 aromatic carbocycles. The van der Waals surface area contributed by atoms with Gasteiger partial charge in [-0.25, -0.2) is 0 Å². The summed E-state index contributed by atoms with van der Waals surface area (Å²) in [6.07, 6.45) is -6.95. The molecule has 4 rings (SSSR count). The lowest BCUT2D eigenvalue weighted by Crippen LogP contribution is -2.61. The van der Waals surface area contributed by atoms with E-state index in [0.29, 0.717) is 0 Å². The number of ether oxygens (including phenoxy) is 4. The zero-order chi connectivity index (χ0) is 26.4. The largest absolute Gasteiger partial charge is 0.457 e. The Balaban J connectivity index is 1.75. The number of hydrogen-bond acceptors (Lipinski definition) is 8. The number of aliphatic hydroxyl groups is 2. The second-order valence-electron chi connectivity index (χ2n) is 8.79. The molecule has 1 saturated heterocycles. The number of carbonyl (C=O) groups excluding carboxylic acids is 2. The van der Waals surface area contributed by atoms with Crippen molar-refractivity contribution >= 4 is 11.9 Å². The molecule has 0 radical (unpaired) electrons. The standard InChI is InChI=1S/C29H30O8/c1-19(30)35-26-24(37-28(33)27(25(26)32)36-20(2)31)18-34-29(21-12-6-3-7-13-21,22-14-8-4-9-15-22)23-16-10-5-11-17-23/h3-17,24-28,32-33H,18H2,1-2H3/t24-,25+,26+,27-,28-/m1/s1. The van der Waals surface area contributed by atoms with E-state index in [-0.39, 0.29) is 6.61 Å². The van der Waals surface area contributed by atoms with Crippen LogP contribution >= 0.6 is 0 Å². The maximum Gasteiger partial charge on any atom is 0.303 e. The predicted octanol–water partition coefficient (Wildman–Crippen LogP) is 2.94. The second-order valence-corrected chi connectivity index (χ2v) is 8.79. The third-order valence-corrected chi connectivity index (χ3v) is 6.24. The maximum absolute atomic E-state index is 11.9. The van der Waals surface area contributed by atoms with Crippen molar-refractivity contribution < 1.29 is 38.7 Å². The van der Waals surface area contributed by atoms with Gasteiger partial charge >= 0.3 is 11.9 Å². The van der Waals surface area contributed by atoms with E-state index in [9.17, 15) is 19.8 Å². The summed E-state index contributed by atoms with van der Waals surface area (Å²) in [4.78, 5) is 23.4. The maximum atomic E-state index is 11.9. The highest BCUT2D eigenvalue weighted by Gasteiger charge is 2.50. The number of aliphatic hydroxyl groups excluding tert-OH is 2. The number of benzene rings is 3. The molecule has 0 bridgehead atoms. The molecule has 0 saturated carbocycles. The summed E-state index contributed by atoms with van der Waals surface area (Å²) in [5.41, 5.74) is 1.42. The molecule has 0 aliphatic carbocycles. The summed E-state index contributed by atoms with van der Waals surface area (Å²) in [7, 11) is 0. The molecule has 8 heteroatoms. The van der Waals surface area contributed by atoms with Crippen LogP contribution in [0.5, 0.6) is 0 Å². The highest BCUT2D eigenvalue weighted by Crippen LogP contribution is 2.41. The number of rotatable bonds is 8. The van der Waals surface area contributed by atoms with Gasteiger partial charge in [0.1, 0.15) is 17.8 Å².